The molecule has 1 aromatic carbocycles. The van der Waals surface area contributed by atoms with E-state index in [4.69, 9.17) is 10.5 Å². The number of benzene rings is 1. The molecule has 0 fully saturated rings. The van der Waals surface area contributed by atoms with E-state index in [0.717, 1.165) is 12.1 Å². The summed E-state index contributed by atoms with van der Waals surface area (Å²) in [6, 6.07) is 7.17. The lowest BCUT2D eigenvalue weighted by Crippen LogP contribution is -2.20. The smallest absolute Gasteiger partial charge is 0.316 e. The highest BCUT2D eigenvalue weighted by molar-refractivity contribution is 5.88. The quantitative estimate of drug-likeness (QED) is 0.708. The van der Waals surface area contributed by atoms with Crippen molar-refractivity contribution in [2.24, 2.45) is 5.73 Å². The number of rotatable bonds is 6. The third kappa shape index (κ3) is 5.21. The number of hydrogen-bond acceptors (Lipinski definition) is 3. The molecule has 5 heteroatoms. The van der Waals surface area contributed by atoms with Crippen molar-refractivity contribution < 1.29 is 9.53 Å². The number of hydrogen-bond donors (Lipinski definition) is 3. The highest BCUT2D eigenvalue weighted by Gasteiger charge is 2.03. The lowest BCUT2D eigenvalue weighted by Gasteiger charge is -2.15. The Kier molecular flexibility index (Phi) is 5.29. The second kappa shape index (κ2) is 6.75. The highest BCUT2D eigenvalue weighted by Crippen LogP contribution is 2.16. The summed E-state index contributed by atoms with van der Waals surface area (Å²) in [6.07, 6.45) is 0.921. The van der Waals surface area contributed by atoms with Crippen molar-refractivity contribution in [3.63, 3.8) is 0 Å². The van der Waals surface area contributed by atoms with Crippen molar-refractivity contribution in [2.45, 2.75) is 19.4 Å². The molecule has 1 unspecified atom stereocenters. The fourth-order valence-electron chi connectivity index (χ4n) is 1.48. The Morgan fingerprint density at radius 2 is 2.18 bits per heavy atom. The largest absolute Gasteiger partial charge is 0.385 e. The zero-order valence-electron chi connectivity index (χ0n) is 10.2. The molecule has 0 saturated heterocycles. The summed E-state index contributed by atoms with van der Waals surface area (Å²) in [5.74, 6) is 0. The van der Waals surface area contributed by atoms with Crippen molar-refractivity contribution in [3.8, 4) is 0 Å². The summed E-state index contributed by atoms with van der Waals surface area (Å²) in [5.41, 5.74) is 6.68. The Hall–Kier alpha value is -1.75. The zero-order chi connectivity index (χ0) is 12.7. The third-order valence-electron chi connectivity index (χ3n) is 2.30. The van der Waals surface area contributed by atoms with Crippen molar-refractivity contribution in [1.29, 1.82) is 0 Å². The van der Waals surface area contributed by atoms with Crippen LogP contribution < -0.4 is 16.4 Å². The second-order valence-electron chi connectivity index (χ2n) is 3.90. The lowest BCUT2D eigenvalue weighted by molar-refractivity contribution is 0.191. The van der Waals surface area contributed by atoms with Gasteiger partial charge in [-0.05, 0) is 31.5 Å². The number of nitrogens with one attached hydrogen (secondary N) is 2. The van der Waals surface area contributed by atoms with Gasteiger partial charge in [-0.15, -0.1) is 0 Å². The highest BCUT2D eigenvalue weighted by atomic mass is 16.5. The van der Waals surface area contributed by atoms with Crippen LogP contribution in [0.3, 0.4) is 0 Å². The average Bonchev–Trinajstić information content (AvgIpc) is 2.26. The first-order valence-corrected chi connectivity index (χ1v) is 5.54. The van der Waals surface area contributed by atoms with Gasteiger partial charge < -0.3 is 21.1 Å². The third-order valence-corrected chi connectivity index (χ3v) is 2.30. The molecule has 2 amide bonds. The second-order valence-corrected chi connectivity index (χ2v) is 3.90. The predicted molar refractivity (Wildman–Crippen MR) is 69.2 cm³/mol. The summed E-state index contributed by atoms with van der Waals surface area (Å²) in [4.78, 5) is 10.7. The Morgan fingerprint density at radius 3 is 2.82 bits per heavy atom. The van der Waals surface area contributed by atoms with E-state index in [1.54, 1.807) is 13.2 Å². The van der Waals surface area contributed by atoms with Crippen LogP contribution in [0.15, 0.2) is 24.3 Å². The lowest BCUT2D eigenvalue weighted by atomic mass is 10.2. The van der Waals surface area contributed by atoms with E-state index >= 15 is 0 Å². The molecule has 0 aliphatic heterocycles. The van der Waals surface area contributed by atoms with E-state index in [0.29, 0.717) is 18.3 Å². The van der Waals surface area contributed by atoms with Gasteiger partial charge in [0, 0.05) is 31.1 Å². The minimum atomic E-state index is -0.561. The van der Waals surface area contributed by atoms with E-state index in [9.17, 15) is 4.79 Å². The first-order chi connectivity index (χ1) is 8.11. The Labute approximate surface area is 101 Å². The van der Waals surface area contributed by atoms with Gasteiger partial charge in [-0.25, -0.2) is 4.79 Å². The maximum atomic E-state index is 10.7. The Balaban J connectivity index is 2.55. The first kappa shape index (κ1) is 13.3. The number of urea groups is 1. The number of nitrogens with two attached hydrogens (primary N) is 1. The molecule has 0 radical (unpaired) electrons. The minimum absolute atomic E-state index is 0.304. The molecule has 0 aliphatic carbocycles. The van der Waals surface area contributed by atoms with Gasteiger partial charge in [0.2, 0.25) is 0 Å². The van der Waals surface area contributed by atoms with E-state index in [1.165, 1.54) is 0 Å². The van der Waals surface area contributed by atoms with Crippen LogP contribution in [0.1, 0.15) is 13.3 Å². The molecule has 1 atom stereocenters. The SMILES string of the molecule is COCCC(C)Nc1cccc(NC(N)=O)c1. The molecule has 0 spiro atoms. The summed E-state index contributed by atoms with van der Waals surface area (Å²) in [6.45, 7) is 2.79. The number of primary amides is 1. The number of methoxy groups -OCH3 is 1. The molecule has 0 aliphatic rings. The number of anilines is 2. The van der Waals surface area contributed by atoms with Gasteiger partial charge in [0.15, 0.2) is 0 Å². The van der Waals surface area contributed by atoms with Crippen LogP contribution in [0, 0.1) is 0 Å². The molecule has 0 heterocycles. The van der Waals surface area contributed by atoms with Gasteiger partial charge in [-0.1, -0.05) is 6.07 Å². The van der Waals surface area contributed by atoms with Gasteiger partial charge in [0.25, 0.3) is 0 Å². The standard InChI is InChI=1S/C12H19N3O2/c1-9(6-7-17-2)14-10-4-3-5-11(8-10)15-12(13)16/h3-5,8-9,14H,6-7H2,1-2H3,(H3,13,15,16). The average molecular weight is 237 g/mol. The summed E-state index contributed by atoms with van der Waals surface area (Å²) >= 11 is 0. The predicted octanol–water partition coefficient (Wildman–Crippen LogP) is 2.01. The van der Waals surface area contributed by atoms with Crippen LogP contribution in [0.25, 0.3) is 0 Å². The van der Waals surface area contributed by atoms with E-state index in [-0.39, 0.29) is 0 Å². The summed E-state index contributed by atoms with van der Waals surface area (Å²) < 4.78 is 5.01. The van der Waals surface area contributed by atoms with E-state index in [2.05, 4.69) is 17.6 Å². The van der Waals surface area contributed by atoms with Crippen LogP contribution in [0.5, 0.6) is 0 Å². The topological polar surface area (TPSA) is 76.4 Å². The van der Waals surface area contributed by atoms with Crippen LogP contribution in [-0.4, -0.2) is 25.8 Å². The normalized spacial score (nSPS) is 11.9. The van der Waals surface area contributed by atoms with Crippen LogP contribution in [-0.2, 0) is 4.74 Å². The molecule has 17 heavy (non-hydrogen) atoms. The number of amides is 2. The molecule has 0 aromatic heterocycles. The molecule has 5 nitrogen and oxygen atoms in total. The van der Waals surface area contributed by atoms with E-state index in [1.807, 2.05) is 18.2 Å². The number of carbonyl (C=O) groups is 1. The Morgan fingerprint density at radius 1 is 1.47 bits per heavy atom. The molecule has 0 bridgehead atoms. The summed E-state index contributed by atoms with van der Waals surface area (Å²) in [5, 5.41) is 5.85. The molecule has 1 aromatic rings. The monoisotopic (exact) mass is 237 g/mol. The fourth-order valence-corrected chi connectivity index (χ4v) is 1.48. The van der Waals surface area contributed by atoms with Gasteiger partial charge in [-0.2, -0.15) is 0 Å². The van der Waals surface area contributed by atoms with Gasteiger partial charge in [0.1, 0.15) is 0 Å². The molecular formula is C12H19N3O2. The zero-order valence-corrected chi connectivity index (χ0v) is 10.2. The molecule has 1 rings (SSSR count). The molecule has 4 N–H and O–H groups in total. The number of carbonyl (C=O) groups excluding carboxylic acids is 1. The van der Waals surface area contributed by atoms with Crippen LogP contribution in [0.2, 0.25) is 0 Å². The molecular weight excluding hydrogens is 218 g/mol. The maximum absolute atomic E-state index is 10.7. The van der Waals surface area contributed by atoms with Crippen molar-refractivity contribution in [1.82, 2.24) is 0 Å². The molecule has 94 valence electrons. The number of ether oxygens (including phenoxy) is 1. The first-order valence-electron chi connectivity index (χ1n) is 5.54. The Bertz CT molecular complexity index is 369. The van der Waals surface area contributed by atoms with Crippen LogP contribution >= 0.6 is 0 Å². The van der Waals surface area contributed by atoms with Gasteiger partial charge in [0.05, 0.1) is 0 Å². The fraction of sp³-hybridized carbons (Fsp3) is 0.417. The van der Waals surface area contributed by atoms with Gasteiger partial charge >= 0.3 is 6.03 Å². The minimum Gasteiger partial charge on any atom is -0.385 e. The van der Waals surface area contributed by atoms with E-state index < -0.39 is 6.03 Å². The molecule has 0 saturated carbocycles. The van der Waals surface area contributed by atoms with Crippen molar-refractivity contribution >= 4 is 17.4 Å². The maximum Gasteiger partial charge on any atom is 0.316 e. The summed E-state index contributed by atoms with van der Waals surface area (Å²) in [7, 11) is 1.68. The van der Waals surface area contributed by atoms with Crippen molar-refractivity contribution in [2.75, 3.05) is 24.4 Å². The van der Waals surface area contributed by atoms with Gasteiger partial charge in [-0.3, -0.25) is 0 Å². The van der Waals surface area contributed by atoms with Crippen molar-refractivity contribution in [3.05, 3.63) is 24.3 Å². The van der Waals surface area contributed by atoms with Crippen LogP contribution in [0.4, 0.5) is 16.2 Å².